The molecule has 3 rings (SSSR count). The molecule has 8 heteroatoms. The summed E-state index contributed by atoms with van der Waals surface area (Å²) < 4.78 is 23.5. The van der Waals surface area contributed by atoms with Gasteiger partial charge in [0.05, 0.1) is 19.9 Å². The Kier molecular flexibility index (Phi) is 5.69. The van der Waals surface area contributed by atoms with Gasteiger partial charge in [-0.1, -0.05) is 0 Å². The van der Waals surface area contributed by atoms with Gasteiger partial charge in [0, 0.05) is 17.4 Å². The van der Waals surface area contributed by atoms with Crippen LogP contribution in [0.5, 0.6) is 11.5 Å². The van der Waals surface area contributed by atoms with Crippen molar-refractivity contribution in [2.24, 2.45) is 0 Å². The number of methoxy groups -OCH3 is 2. The Hall–Kier alpha value is -3.68. The normalized spacial score (nSPS) is 10.3. The first-order valence-corrected chi connectivity index (χ1v) is 8.40. The molecular weight excluding hydrogens is 363 g/mol. The number of nitrogens with zero attached hydrogens (tertiary/aromatic N) is 2. The van der Waals surface area contributed by atoms with Crippen molar-refractivity contribution in [2.75, 3.05) is 24.9 Å². The fourth-order valence-corrected chi connectivity index (χ4v) is 2.49. The number of hydrogen-bond acceptors (Lipinski definition) is 6. The molecule has 7 nitrogen and oxygen atoms in total. The molecule has 1 heterocycles. The van der Waals surface area contributed by atoms with Gasteiger partial charge in [0.15, 0.2) is 0 Å². The number of ether oxygens (including phenoxy) is 2. The lowest BCUT2D eigenvalue weighted by atomic mass is 10.2. The summed E-state index contributed by atoms with van der Waals surface area (Å²) in [6, 6.07) is 12.3. The number of carbonyl (C=O) groups is 1. The molecule has 0 saturated heterocycles. The van der Waals surface area contributed by atoms with Crippen LogP contribution in [0.15, 0.2) is 48.5 Å². The number of rotatable bonds is 6. The average molecular weight is 382 g/mol. The first-order valence-electron chi connectivity index (χ1n) is 8.40. The standard InChI is InChI=1S/C20H19FN4O3/c1-12-10-17(19(26)23-14-6-4-13(21)5-7-14)25-20(22-12)24-16-9-8-15(27-2)11-18(16)28-3/h4-11H,1-3H3,(H,23,26)(H,22,24,25). The highest BCUT2D eigenvalue weighted by Crippen LogP contribution is 2.30. The first kappa shape index (κ1) is 19.1. The highest BCUT2D eigenvalue weighted by molar-refractivity contribution is 6.03. The predicted octanol–water partition coefficient (Wildman–Crippen LogP) is 3.94. The van der Waals surface area contributed by atoms with Crippen LogP contribution < -0.4 is 20.1 Å². The Morgan fingerprint density at radius 1 is 1.00 bits per heavy atom. The Morgan fingerprint density at radius 3 is 2.43 bits per heavy atom. The molecule has 0 unspecified atom stereocenters. The van der Waals surface area contributed by atoms with Gasteiger partial charge in [-0.3, -0.25) is 4.79 Å². The van der Waals surface area contributed by atoms with Crippen LogP contribution in [0, 0.1) is 12.7 Å². The number of aryl methyl sites for hydroxylation is 1. The van der Waals surface area contributed by atoms with Crippen LogP contribution >= 0.6 is 0 Å². The molecule has 0 fully saturated rings. The maximum absolute atomic E-state index is 13.0. The van der Waals surface area contributed by atoms with Crippen LogP contribution in [0.2, 0.25) is 0 Å². The third kappa shape index (κ3) is 4.53. The van der Waals surface area contributed by atoms with Crippen molar-refractivity contribution in [3.8, 4) is 11.5 Å². The van der Waals surface area contributed by atoms with E-state index in [1.807, 2.05) is 0 Å². The van der Waals surface area contributed by atoms with Crippen LogP contribution in [0.1, 0.15) is 16.2 Å². The minimum absolute atomic E-state index is 0.173. The molecular formula is C20H19FN4O3. The van der Waals surface area contributed by atoms with Crippen LogP contribution in [-0.2, 0) is 0 Å². The molecule has 0 aliphatic carbocycles. The van der Waals surface area contributed by atoms with E-state index in [4.69, 9.17) is 9.47 Å². The van der Waals surface area contributed by atoms with E-state index in [9.17, 15) is 9.18 Å². The van der Waals surface area contributed by atoms with Gasteiger partial charge in [0.2, 0.25) is 5.95 Å². The summed E-state index contributed by atoms with van der Waals surface area (Å²) in [4.78, 5) is 21.1. The van der Waals surface area contributed by atoms with Gasteiger partial charge in [0.25, 0.3) is 5.91 Å². The minimum atomic E-state index is -0.429. The van der Waals surface area contributed by atoms with E-state index in [0.29, 0.717) is 28.6 Å². The molecule has 144 valence electrons. The first-order chi connectivity index (χ1) is 13.5. The van der Waals surface area contributed by atoms with E-state index in [0.717, 1.165) is 0 Å². The molecule has 2 aromatic carbocycles. The summed E-state index contributed by atoms with van der Waals surface area (Å²) in [7, 11) is 3.11. The maximum atomic E-state index is 13.0. The number of hydrogen-bond donors (Lipinski definition) is 2. The number of halogens is 1. The smallest absolute Gasteiger partial charge is 0.274 e. The molecule has 0 saturated carbocycles. The SMILES string of the molecule is COc1ccc(Nc2nc(C)cc(C(=O)Nc3ccc(F)cc3)n2)c(OC)c1. The number of anilines is 3. The molecule has 0 spiro atoms. The molecule has 0 aliphatic heterocycles. The molecule has 1 aromatic heterocycles. The van der Waals surface area contributed by atoms with Gasteiger partial charge < -0.3 is 20.1 Å². The Bertz CT molecular complexity index is 993. The number of nitrogens with one attached hydrogen (secondary N) is 2. The van der Waals surface area contributed by atoms with E-state index >= 15 is 0 Å². The molecule has 1 amide bonds. The fourth-order valence-electron chi connectivity index (χ4n) is 2.49. The minimum Gasteiger partial charge on any atom is -0.497 e. The summed E-state index contributed by atoms with van der Waals surface area (Å²) in [6.07, 6.45) is 0. The lowest BCUT2D eigenvalue weighted by molar-refractivity contribution is 0.102. The Labute approximate surface area is 161 Å². The predicted molar refractivity (Wildman–Crippen MR) is 104 cm³/mol. The molecule has 3 aromatic rings. The number of aromatic nitrogens is 2. The number of benzene rings is 2. The topological polar surface area (TPSA) is 85.4 Å². The van der Waals surface area contributed by atoms with Gasteiger partial charge in [0.1, 0.15) is 23.0 Å². The second-order valence-corrected chi connectivity index (χ2v) is 5.87. The molecule has 0 aliphatic rings. The van der Waals surface area contributed by atoms with Gasteiger partial charge in [-0.15, -0.1) is 0 Å². The van der Waals surface area contributed by atoms with Crippen LogP contribution in [0.3, 0.4) is 0 Å². The van der Waals surface area contributed by atoms with Gasteiger partial charge >= 0.3 is 0 Å². The maximum Gasteiger partial charge on any atom is 0.274 e. The van der Waals surface area contributed by atoms with E-state index in [1.54, 1.807) is 45.4 Å². The summed E-state index contributed by atoms with van der Waals surface area (Å²) in [5, 5.41) is 5.73. The van der Waals surface area contributed by atoms with Crippen LogP contribution in [0.25, 0.3) is 0 Å². The zero-order chi connectivity index (χ0) is 20.1. The summed E-state index contributed by atoms with van der Waals surface area (Å²) in [6.45, 7) is 1.76. The van der Waals surface area contributed by atoms with Crippen molar-refractivity contribution in [1.82, 2.24) is 9.97 Å². The lowest BCUT2D eigenvalue weighted by Crippen LogP contribution is -2.15. The van der Waals surface area contributed by atoms with Crippen LogP contribution in [-0.4, -0.2) is 30.1 Å². The number of carbonyl (C=O) groups excluding carboxylic acids is 1. The monoisotopic (exact) mass is 382 g/mol. The highest BCUT2D eigenvalue weighted by Gasteiger charge is 2.13. The summed E-state index contributed by atoms with van der Waals surface area (Å²) in [5.74, 6) is 0.624. The van der Waals surface area contributed by atoms with Crippen molar-refractivity contribution in [3.05, 3.63) is 65.7 Å². The van der Waals surface area contributed by atoms with Crippen molar-refractivity contribution >= 4 is 23.2 Å². The summed E-state index contributed by atoms with van der Waals surface area (Å²) >= 11 is 0. The molecule has 0 atom stereocenters. The number of amides is 1. The average Bonchev–Trinajstić information content (AvgIpc) is 2.69. The van der Waals surface area contributed by atoms with E-state index < -0.39 is 5.91 Å². The third-order valence-electron chi connectivity index (χ3n) is 3.84. The van der Waals surface area contributed by atoms with E-state index in [1.165, 1.54) is 24.3 Å². The molecule has 0 radical (unpaired) electrons. The zero-order valence-electron chi connectivity index (χ0n) is 15.6. The Morgan fingerprint density at radius 2 is 1.75 bits per heavy atom. The lowest BCUT2D eigenvalue weighted by Gasteiger charge is -2.12. The van der Waals surface area contributed by atoms with Crippen molar-refractivity contribution < 1.29 is 18.7 Å². The molecule has 2 N–H and O–H groups in total. The third-order valence-corrected chi connectivity index (χ3v) is 3.84. The van der Waals surface area contributed by atoms with E-state index in [-0.39, 0.29) is 17.5 Å². The highest BCUT2D eigenvalue weighted by atomic mass is 19.1. The van der Waals surface area contributed by atoms with Gasteiger partial charge in [-0.25, -0.2) is 14.4 Å². The quantitative estimate of drug-likeness (QED) is 0.672. The fraction of sp³-hybridized carbons (Fsp3) is 0.150. The Balaban J connectivity index is 1.83. The summed E-state index contributed by atoms with van der Waals surface area (Å²) in [5.41, 5.74) is 1.87. The van der Waals surface area contributed by atoms with Crippen LogP contribution in [0.4, 0.5) is 21.7 Å². The van der Waals surface area contributed by atoms with Crippen molar-refractivity contribution in [2.45, 2.75) is 6.92 Å². The van der Waals surface area contributed by atoms with Gasteiger partial charge in [-0.05, 0) is 49.4 Å². The van der Waals surface area contributed by atoms with Crippen molar-refractivity contribution in [1.29, 1.82) is 0 Å². The largest absolute Gasteiger partial charge is 0.497 e. The molecule has 28 heavy (non-hydrogen) atoms. The zero-order valence-corrected chi connectivity index (χ0v) is 15.6. The second kappa shape index (κ2) is 8.34. The van der Waals surface area contributed by atoms with Crippen molar-refractivity contribution in [3.63, 3.8) is 0 Å². The molecule has 0 bridgehead atoms. The van der Waals surface area contributed by atoms with Gasteiger partial charge in [-0.2, -0.15) is 0 Å². The van der Waals surface area contributed by atoms with E-state index in [2.05, 4.69) is 20.6 Å². The second-order valence-electron chi connectivity index (χ2n) is 5.87.